The molecule has 1 aromatic heterocycles. The Kier molecular flexibility index (Phi) is 7.98. The summed E-state index contributed by atoms with van der Waals surface area (Å²) in [5.41, 5.74) is 0.464. The lowest BCUT2D eigenvalue weighted by molar-refractivity contribution is -0.119. The van der Waals surface area contributed by atoms with E-state index in [0.29, 0.717) is 18.7 Å². The quantitative estimate of drug-likeness (QED) is 0.457. The van der Waals surface area contributed by atoms with E-state index in [1.807, 2.05) is 6.92 Å². The molecule has 3 N–H and O–H groups in total. The zero-order chi connectivity index (χ0) is 25.0. The van der Waals surface area contributed by atoms with Crippen molar-refractivity contribution in [3.8, 4) is 11.6 Å². The average molecular weight is 493 g/mol. The number of hydrogen-bond donors (Lipinski definition) is 3. The van der Waals surface area contributed by atoms with Crippen molar-refractivity contribution < 1.29 is 27.9 Å². The molecule has 0 radical (unpaired) electrons. The molecule has 0 bridgehead atoms. The van der Waals surface area contributed by atoms with Gasteiger partial charge in [0.15, 0.2) is 5.69 Å². The van der Waals surface area contributed by atoms with E-state index in [1.165, 1.54) is 16.8 Å². The van der Waals surface area contributed by atoms with Crippen molar-refractivity contribution in [3.05, 3.63) is 29.5 Å². The summed E-state index contributed by atoms with van der Waals surface area (Å²) in [6.45, 7) is 7.26. The van der Waals surface area contributed by atoms with Gasteiger partial charge in [0.25, 0.3) is 0 Å². The number of aryl methyl sites for hydroxylation is 1. The molecule has 1 heterocycles. The summed E-state index contributed by atoms with van der Waals surface area (Å²) in [5.74, 6) is -1.27. The van der Waals surface area contributed by atoms with E-state index in [4.69, 9.17) is 4.74 Å². The van der Waals surface area contributed by atoms with Crippen LogP contribution in [0.5, 0.6) is 11.6 Å². The molecule has 11 heteroatoms. The van der Waals surface area contributed by atoms with Crippen LogP contribution in [0.15, 0.2) is 23.1 Å². The first-order chi connectivity index (χ1) is 16.1. The Bertz CT molecular complexity index is 1170. The topological polar surface area (TPSA) is 140 Å². The Morgan fingerprint density at radius 1 is 1.26 bits per heavy atom. The number of carbonyl (C=O) groups is 2. The third kappa shape index (κ3) is 5.58. The number of nitrogens with one attached hydrogen (secondary N) is 2. The molecular formula is C23H32N4O6S. The smallest absolute Gasteiger partial charge is 0.356 e. The largest absolute Gasteiger partial charge is 0.476 e. The minimum atomic E-state index is -4.01. The highest BCUT2D eigenvalue weighted by Crippen LogP contribution is 2.35. The van der Waals surface area contributed by atoms with Crippen LogP contribution in [0.3, 0.4) is 0 Å². The van der Waals surface area contributed by atoms with Crippen LogP contribution in [-0.4, -0.2) is 41.2 Å². The van der Waals surface area contributed by atoms with Gasteiger partial charge in [-0.25, -0.2) is 22.6 Å². The molecule has 1 fully saturated rings. The molecule has 1 saturated carbocycles. The van der Waals surface area contributed by atoms with Crippen LogP contribution in [0.4, 0.5) is 5.69 Å². The highest BCUT2D eigenvalue weighted by atomic mass is 32.2. The first kappa shape index (κ1) is 25.7. The van der Waals surface area contributed by atoms with Crippen molar-refractivity contribution in [2.24, 2.45) is 5.92 Å². The van der Waals surface area contributed by atoms with Crippen LogP contribution < -0.4 is 14.8 Å². The summed E-state index contributed by atoms with van der Waals surface area (Å²) >= 11 is 0. The Morgan fingerprint density at radius 3 is 2.53 bits per heavy atom. The van der Waals surface area contributed by atoms with E-state index in [-0.39, 0.29) is 45.6 Å². The van der Waals surface area contributed by atoms with Gasteiger partial charge in [-0.15, -0.1) is 0 Å². The Labute approximate surface area is 199 Å². The summed E-state index contributed by atoms with van der Waals surface area (Å²) in [6.07, 6.45) is 4.23. The zero-order valence-electron chi connectivity index (χ0n) is 19.9. The molecule has 1 aromatic carbocycles. The predicted octanol–water partition coefficient (Wildman–Crippen LogP) is 3.91. The van der Waals surface area contributed by atoms with Crippen molar-refractivity contribution >= 4 is 27.6 Å². The number of amides is 1. The van der Waals surface area contributed by atoms with Crippen molar-refractivity contribution in [1.29, 1.82) is 0 Å². The van der Waals surface area contributed by atoms with Gasteiger partial charge < -0.3 is 15.2 Å². The Hall–Kier alpha value is -2.92. The summed E-state index contributed by atoms with van der Waals surface area (Å²) in [7, 11) is -4.01. The minimum absolute atomic E-state index is 0.00399. The summed E-state index contributed by atoms with van der Waals surface area (Å²) in [4.78, 5) is 24.0. The van der Waals surface area contributed by atoms with Crippen molar-refractivity contribution in [1.82, 2.24) is 14.5 Å². The van der Waals surface area contributed by atoms with Crippen LogP contribution in [0.25, 0.3) is 0 Å². The molecule has 1 atom stereocenters. The number of hydrogen-bond acceptors (Lipinski definition) is 6. The number of anilines is 1. The monoisotopic (exact) mass is 492 g/mol. The zero-order valence-corrected chi connectivity index (χ0v) is 20.7. The van der Waals surface area contributed by atoms with Gasteiger partial charge in [-0.1, -0.05) is 19.8 Å². The number of sulfonamides is 1. The lowest BCUT2D eigenvalue weighted by Crippen LogP contribution is -2.32. The van der Waals surface area contributed by atoms with Crippen LogP contribution in [-0.2, 0) is 21.4 Å². The summed E-state index contributed by atoms with van der Waals surface area (Å²) in [6, 6.07) is 4.08. The third-order valence-electron chi connectivity index (χ3n) is 6.04. The Balaban J connectivity index is 2.02. The molecule has 186 valence electrons. The fourth-order valence-electron chi connectivity index (χ4n) is 3.91. The molecule has 0 saturated heterocycles. The number of carboxylic acids is 1. The number of rotatable bonds is 10. The van der Waals surface area contributed by atoms with E-state index in [0.717, 1.165) is 25.7 Å². The van der Waals surface area contributed by atoms with Crippen LogP contribution in [0.1, 0.15) is 68.9 Å². The molecule has 0 unspecified atom stereocenters. The number of aromatic nitrogens is 2. The molecule has 10 nitrogen and oxygen atoms in total. The van der Waals surface area contributed by atoms with E-state index >= 15 is 0 Å². The van der Waals surface area contributed by atoms with E-state index in [9.17, 15) is 23.1 Å². The van der Waals surface area contributed by atoms with E-state index in [2.05, 4.69) is 15.1 Å². The van der Waals surface area contributed by atoms with Gasteiger partial charge in [-0.05, 0) is 58.2 Å². The summed E-state index contributed by atoms with van der Waals surface area (Å²) < 4.78 is 36.4. The van der Waals surface area contributed by atoms with Crippen LogP contribution >= 0.6 is 0 Å². The molecule has 0 aliphatic heterocycles. The normalized spacial score (nSPS) is 15.3. The third-order valence-corrected chi connectivity index (χ3v) is 7.65. The van der Waals surface area contributed by atoms with Gasteiger partial charge >= 0.3 is 5.97 Å². The van der Waals surface area contributed by atoms with Gasteiger partial charge in [0.05, 0.1) is 0 Å². The molecule has 1 aliphatic carbocycles. The second-order valence-electron chi connectivity index (χ2n) is 8.56. The second kappa shape index (κ2) is 10.6. The predicted molar refractivity (Wildman–Crippen MR) is 127 cm³/mol. The van der Waals surface area contributed by atoms with Gasteiger partial charge in [-0.3, -0.25) is 4.79 Å². The number of ether oxygens (including phenoxy) is 1. The highest BCUT2D eigenvalue weighted by molar-refractivity contribution is 7.89. The number of benzene rings is 1. The van der Waals surface area contributed by atoms with E-state index < -0.39 is 16.0 Å². The molecule has 2 aromatic rings. The lowest BCUT2D eigenvalue weighted by atomic mass is 10.1. The number of aromatic carboxylic acids is 1. The van der Waals surface area contributed by atoms with Gasteiger partial charge in [0.2, 0.25) is 21.8 Å². The van der Waals surface area contributed by atoms with Crippen molar-refractivity contribution in [2.45, 2.75) is 77.3 Å². The van der Waals surface area contributed by atoms with Gasteiger partial charge in [0, 0.05) is 29.8 Å². The Morgan fingerprint density at radius 2 is 1.94 bits per heavy atom. The SMILES string of the molecule is CC[C@H](C)NS(=O)(=O)c1cc(NC(=O)C2CCCC2)ccc1Oc1c(C)c(C(=O)O)nn1CC. The second-order valence-corrected chi connectivity index (χ2v) is 10.2. The number of nitrogens with zero attached hydrogens (tertiary/aromatic N) is 2. The van der Waals surface area contributed by atoms with Crippen LogP contribution in [0, 0.1) is 12.8 Å². The fraction of sp³-hybridized carbons (Fsp3) is 0.522. The summed E-state index contributed by atoms with van der Waals surface area (Å²) in [5, 5.41) is 16.3. The molecule has 34 heavy (non-hydrogen) atoms. The van der Waals surface area contributed by atoms with E-state index in [1.54, 1.807) is 26.8 Å². The standard InChI is InChI=1S/C23H32N4O6S/c1-5-14(3)26-34(31,32)19-13-17(24-21(28)16-9-7-8-10-16)11-12-18(19)33-22-15(4)20(23(29)30)25-27(22)6-2/h11-14,16,26H,5-10H2,1-4H3,(H,24,28)(H,29,30)/t14-/m0/s1. The van der Waals surface area contributed by atoms with Gasteiger partial charge in [-0.2, -0.15) is 5.10 Å². The molecule has 0 spiro atoms. The molecule has 1 amide bonds. The van der Waals surface area contributed by atoms with Gasteiger partial charge in [0.1, 0.15) is 10.6 Å². The first-order valence-corrected chi connectivity index (χ1v) is 13.0. The van der Waals surface area contributed by atoms with Crippen molar-refractivity contribution in [2.75, 3.05) is 5.32 Å². The first-order valence-electron chi connectivity index (χ1n) is 11.5. The fourth-order valence-corrected chi connectivity index (χ4v) is 5.39. The highest BCUT2D eigenvalue weighted by Gasteiger charge is 2.27. The number of carboxylic acid groups (broad SMARTS) is 1. The maximum atomic E-state index is 13.2. The minimum Gasteiger partial charge on any atom is -0.476 e. The number of carbonyl (C=O) groups excluding carboxylic acids is 1. The average Bonchev–Trinajstić information content (AvgIpc) is 3.43. The molecule has 3 rings (SSSR count). The lowest BCUT2D eigenvalue weighted by Gasteiger charge is -2.18. The molecule has 1 aliphatic rings. The maximum absolute atomic E-state index is 13.2. The maximum Gasteiger partial charge on any atom is 0.356 e. The van der Waals surface area contributed by atoms with Crippen molar-refractivity contribution in [3.63, 3.8) is 0 Å². The molecular weight excluding hydrogens is 460 g/mol. The van der Waals surface area contributed by atoms with Crippen LogP contribution in [0.2, 0.25) is 0 Å².